The van der Waals surface area contributed by atoms with Crippen LogP contribution in [0, 0.1) is 12.8 Å². The number of aromatic nitrogens is 4. The molecule has 1 aliphatic heterocycles. The maximum atomic E-state index is 12.9. The fourth-order valence-corrected chi connectivity index (χ4v) is 4.66. The number of fused-ring (bicyclic) bond motifs is 1. The average Bonchev–Trinajstić information content (AvgIpc) is 3.50. The normalized spacial score (nSPS) is 15.5. The van der Waals surface area contributed by atoms with Crippen LogP contribution >= 0.6 is 0 Å². The average molecular weight is 508 g/mol. The molecule has 37 heavy (non-hydrogen) atoms. The predicted molar refractivity (Wildman–Crippen MR) is 134 cm³/mol. The van der Waals surface area contributed by atoms with Gasteiger partial charge in [0, 0.05) is 60.5 Å². The molecule has 0 bridgehead atoms. The number of hydrogen-bond acceptors (Lipinski definition) is 7. The molecular formula is C27H27F2N5O3. The zero-order valence-corrected chi connectivity index (χ0v) is 20.6. The van der Waals surface area contributed by atoms with E-state index in [0.717, 1.165) is 34.6 Å². The van der Waals surface area contributed by atoms with Gasteiger partial charge in [-0.15, -0.1) is 0 Å². The van der Waals surface area contributed by atoms with Crippen LogP contribution in [-0.4, -0.2) is 51.6 Å². The first kappa shape index (κ1) is 24.6. The molecule has 4 heterocycles. The van der Waals surface area contributed by atoms with Crippen LogP contribution in [0.1, 0.15) is 30.3 Å². The highest BCUT2D eigenvalue weighted by atomic mass is 19.3. The largest absolute Gasteiger partial charge is 0.466 e. The summed E-state index contributed by atoms with van der Waals surface area (Å²) >= 11 is 0. The Hall–Kier alpha value is -4.08. The topological polar surface area (TPSA) is 81.8 Å². The van der Waals surface area contributed by atoms with E-state index < -0.39 is 6.61 Å². The second kappa shape index (κ2) is 10.5. The molecule has 0 spiro atoms. The molecule has 0 aliphatic carbocycles. The number of anilines is 1. The van der Waals surface area contributed by atoms with Gasteiger partial charge in [0.25, 0.3) is 0 Å². The Balaban J connectivity index is 1.38. The molecule has 0 amide bonds. The number of benzene rings is 1. The minimum absolute atomic E-state index is 0.152. The Morgan fingerprint density at radius 3 is 2.68 bits per heavy atom. The number of imidazole rings is 1. The fourth-order valence-electron chi connectivity index (χ4n) is 4.66. The smallest absolute Gasteiger partial charge is 0.387 e. The second-order valence-electron chi connectivity index (χ2n) is 8.91. The highest BCUT2D eigenvalue weighted by molar-refractivity contribution is 5.74. The van der Waals surface area contributed by atoms with Gasteiger partial charge in [-0.2, -0.15) is 8.78 Å². The number of nitrogens with zero attached hydrogens (tertiary/aromatic N) is 5. The Labute approximate surface area is 212 Å². The minimum atomic E-state index is -2.89. The second-order valence-corrected chi connectivity index (χ2v) is 8.91. The number of carbonyl (C=O) groups is 1. The summed E-state index contributed by atoms with van der Waals surface area (Å²) in [5.74, 6) is 0.389. The Kier molecular flexibility index (Phi) is 6.98. The van der Waals surface area contributed by atoms with Crippen LogP contribution in [0.4, 0.5) is 14.7 Å². The minimum Gasteiger partial charge on any atom is -0.466 e. The molecule has 192 valence electrons. The van der Waals surface area contributed by atoms with Gasteiger partial charge in [0.1, 0.15) is 11.4 Å². The van der Waals surface area contributed by atoms with E-state index in [1.807, 2.05) is 34.6 Å². The molecule has 1 atom stereocenters. The molecule has 1 saturated heterocycles. The number of para-hydroxylation sites is 1. The Morgan fingerprint density at radius 1 is 1.14 bits per heavy atom. The maximum Gasteiger partial charge on any atom is 0.387 e. The number of halogens is 2. The molecule has 1 fully saturated rings. The summed E-state index contributed by atoms with van der Waals surface area (Å²) in [6, 6.07) is 10.6. The molecule has 4 aromatic rings. The quantitative estimate of drug-likeness (QED) is 0.320. The summed E-state index contributed by atoms with van der Waals surface area (Å²) < 4.78 is 37.6. The van der Waals surface area contributed by atoms with Crippen molar-refractivity contribution in [2.75, 3.05) is 24.6 Å². The molecule has 1 aromatic carbocycles. The number of ether oxygens (including phenoxy) is 2. The third-order valence-corrected chi connectivity index (χ3v) is 6.53. The van der Waals surface area contributed by atoms with Crippen molar-refractivity contribution >= 4 is 17.6 Å². The Bertz CT molecular complexity index is 1410. The van der Waals surface area contributed by atoms with Gasteiger partial charge in [-0.3, -0.25) is 4.79 Å². The van der Waals surface area contributed by atoms with Gasteiger partial charge in [-0.05, 0) is 38.5 Å². The first-order valence-electron chi connectivity index (χ1n) is 12.2. The van der Waals surface area contributed by atoms with E-state index in [-0.39, 0.29) is 17.6 Å². The summed E-state index contributed by atoms with van der Waals surface area (Å²) in [4.78, 5) is 27.7. The lowest BCUT2D eigenvalue weighted by Gasteiger charge is -2.16. The summed E-state index contributed by atoms with van der Waals surface area (Å²) in [6.45, 7) is 2.42. The van der Waals surface area contributed by atoms with Gasteiger partial charge in [0.2, 0.25) is 5.95 Å². The molecule has 10 heteroatoms. The summed E-state index contributed by atoms with van der Waals surface area (Å²) in [6.07, 6.45) is 6.57. The van der Waals surface area contributed by atoms with Gasteiger partial charge in [-0.1, -0.05) is 18.2 Å². The van der Waals surface area contributed by atoms with Crippen molar-refractivity contribution in [1.29, 1.82) is 0 Å². The van der Waals surface area contributed by atoms with E-state index >= 15 is 0 Å². The van der Waals surface area contributed by atoms with E-state index in [4.69, 9.17) is 9.47 Å². The number of hydrogen-bond donors (Lipinski definition) is 0. The van der Waals surface area contributed by atoms with Crippen LogP contribution in [0.5, 0.6) is 5.75 Å². The van der Waals surface area contributed by atoms with E-state index in [2.05, 4.69) is 15.0 Å². The van der Waals surface area contributed by atoms with Crippen LogP contribution in [-0.2, 0) is 16.0 Å². The molecule has 0 N–H and O–H groups in total. The number of carbonyl (C=O) groups excluding carboxylic acids is 1. The van der Waals surface area contributed by atoms with E-state index in [0.29, 0.717) is 37.6 Å². The number of aryl methyl sites for hydroxylation is 1. The van der Waals surface area contributed by atoms with Crippen LogP contribution in [0.2, 0.25) is 0 Å². The van der Waals surface area contributed by atoms with Gasteiger partial charge >= 0.3 is 12.6 Å². The summed E-state index contributed by atoms with van der Waals surface area (Å²) in [5, 5.41) is 0. The molecule has 0 radical (unpaired) electrons. The monoisotopic (exact) mass is 507 g/mol. The highest BCUT2D eigenvalue weighted by Gasteiger charge is 2.30. The molecule has 0 saturated carbocycles. The third-order valence-electron chi connectivity index (χ3n) is 6.53. The van der Waals surface area contributed by atoms with E-state index in [1.165, 1.54) is 0 Å². The number of pyridine rings is 1. The molecule has 1 aliphatic rings. The zero-order valence-electron chi connectivity index (χ0n) is 20.6. The molecular weight excluding hydrogens is 480 g/mol. The molecule has 3 aromatic heterocycles. The number of esters is 1. The molecule has 1 unspecified atom stereocenters. The van der Waals surface area contributed by atoms with E-state index in [9.17, 15) is 13.6 Å². The molecule has 5 rings (SSSR count). The standard InChI is InChI=1S/C27H27F2N5O3/c1-3-36-25(35)20-10-11-33(15-20)27-30-13-21(14-31-27)19-8-9-24-32-17(2)22(34(24)16-19)12-18-6-4-5-7-23(18)37-26(28)29/h4-9,13-14,16,20,26H,3,10-12,15H2,1-2H3. The lowest BCUT2D eigenvalue weighted by molar-refractivity contribution is -0.147. The van der Waals surface area contributed by atoms with Crippen molar-refractivity contribution < 1.29 is 23.0 Å². The lowest BCUT2D eigenvalue weighted by atomic mass is 10.1. The summed E-state index contributed by atoms with van der Waals surface area (Å²) in [5.41, 5.74) is 4.80. The zero-order chi connectivity index (χ0) is 25.9. The van der Waals surface area contributed by atoms with Crippen molar-refractivity contribution in [2.45, 2.75) is 33.3 Å². The van der Waals surface area contributed by atoms with Crippen molar-refractivity contribution in [3.8, 4) is 16.9 Å². The predicted octanol–water partition coefficient (Wildman–Crippen LogP) is 4.68. The van der Waals surface area contributed by atoms with E-state index in [1.54, 1.807) is 43.6 Å². The Morgan fingerprint density at radius 2 is 1.92 bits per heavy atom. The first-order valence-corrected chi connectivity index (χ1v) is 12.2. The fraction of sp³-hybridized carbons (Fsp3) is 0.333. The van der Waals surface area contributed by atoms with Gasteiger partial charge in [0.05, 0.1) is 18.2 Å². The lowest BCUT2D eigenvalue weighted by Crippen LogP contribution is -2.25. The number of rotatable bonds is 8. The summed E-state index contributed by atoms with van der Waals surface area (Å²) in [7, 11) is 0. The van der Waals surface area contributed by atoms with Crippen LogP contribution < -0.4 is 9.64 Å². The highest BCUT2D eigenvalue weighted by Crippen LogP contribution is 2.28. The SMILES string of the molecule is CCOC(=O)C1CCN(c2ncc(-c3ccc4nc(C)c(Cc5ccccc5OC(F)F)n4c3)cn2)C1. The van der Waals surface area contributed by atoms with Crippen LogP contribution in [0.3, 0.4) is 0 Å². The first-order chi connectivity index (χ1) is 17.9. The van der Waals surface area contributed by atoms with Crippen LogP contribution in [0.15, 0.2) is 55.0 Å². The number of alkyl halides is 2. The van der Waals surface area contributed by atoms with Crippen LogP contribution in [0.25, 0.3) is 16.8 Å². The maximum absolute atomic E-state index is 12.9. The van der Waals surface area contributed by atoms with Gasteiger partial charge < -0.3 is 18.8 Å². The molecule has 8 nitrogen and oxygen atoms in total. The van der Waals surface area contributed by atoms with Crippen molar-refractivity contribution in [3.05, 3.63) is 71.9 Å². The van der Waals surface area contributed by atoms with Crippen molar-refractivity contribution in [3.63, 3.8) is 0 Å². The van der Waals surface area contributed by atoms with Gasteiger partial charge in [-0.25, -0.2) is 15.0 Å². The van der Waals surface area contributed by atoms with Gasteiger partial charge in [0.15, 0.2) is 0 Å². The third kappa shape index (κ3) is 5.23. The van der Waals surface area contributed by atoms with Crippen molar-refractivity contribution in [1.82, 2.24) is 19.4 Å². The van der Waals surface area contributed by atoms with Crippen molar-refractivity contribution in [2.24, 2.45) is 5.92 Å².